The van der Waals surface area contributed by atoms with Gasteiger partial charge in [-0.15, -0.1) is 0 Å². The maximum atomic E-state index is 10.9. The van der Waals surface area contributed by atoms with Gasteiger partial charge in [-0.25, -0.2) is 4.98 Å². The summed E-state index contributed by atoms with van der Waals surface area (Å²) < 4.78 is 2.04. The summed E-state index contributed by atoms with van der Waals surface area (Å²) in [4.78, 5) is 17.7. The number of aryl methyl sites for hydroxylation is 2. The number of carbonyl (C=O) groups is 1. The molecule has 5 nitrogen and oxygen atoms in total. The molecular weight excluding hydrogens is 266 g/mol. The van der Waals surface area contributed by atoms with Crippen LogP contribution in [0.25, 0.3) is 11.0 Å². The van der Waals surface area contributed by atoms with Crippen LogP contribution in [0.3, 0.4) is 0 Å². The van der Waals surface area contributed by atoms with E-state index in [-0.39, 0.29) is 12.5 Å². The zero-order valence-corrected chi connectivity index (χ0v) is 13.1. The summed E-state index contributed by atoms with van der Waals surface area (Å²) in [6, 6.07) is 6.37. The minimum atomic E-state index is -0.787. The van der Waals surface area contributed by atoms with E-state index >= 15 is 0 Å². The molecular formula is C16H23N3O2. The fourth-order valence-corrected chi connectivity index (χ4v) is 2.41. The number of benzene rings is 1. The lowest BCUT2D eigenvalue weighted by molar-refractivity contribution is -0.137. The number of aromatic nitrogens is 2. The van der Waals surface area contributed by atoms with Crippen molar-refractivity contribution >= 4 is 17.0 Å². The molecule has 0 amide bonds. The van der Waals surface area contributed by atoms with Gasteiger partial charge in [0.2, 0.25) is 0 Å². The third-order valence-corrected chi connectivity index (χ3v) is 3.95. The number of fused-ring (bicyclic) bond motifs is 1. The van der Waals surface area contributed by atoms with E-state index in [1.165, 1.54) is 5.56 Å². The Balaban J connectivity index is 2.53. The molecule has 0 aliphatic heterocycles. The molecule has 0 bridgehead atoms. The van der Waals surface area contributed by atoms with Gasteiger partial charge in [-0.3, -0.25) is 9.69 Å². The van der Waals surface area contributed by atoms with Crippen LogP contribution in [0.4, 0.5) is 0 Å². The van der Waals surface area contributed by atoms with Crippen molar-refractivity contribution in [2.24, 2.45) is 0 Å². The molecule has 0 aliphatic carbocycles. The second-order valence-electron chi connectivity index (χ2n) is 5.58. The molecule has 5 heteroatoms. The number of carboxylic acid groups (broad SMARTS) is 1. The molecule has 0 fully saturated rings. The lowest BCUT2D eigenvalue weighted by atomic mass is 10.1. The Bertz CT molecular complexity index is 646. The molecule has 0 saturated carbocycles. The van der Waals surface area contributed by atoms with Gasteiger partial charge < -0.3 is 9.67 Å². The Morgan fingerprint density at radius 1 is 1.43 bits per heavy atom. The standard InChI is InChI=1S/C16H23N3O2/c1-5-12-6-7-14-13(10-12)17-16(11(2)18(3)4)19(14)9-8-15(20)21/h6-7,10-11H,5,8-9H2,1-4H3,(H,20,21). The van der Waals surface area contributed by atoms with Crippen LogP contribution in [0.1, 0.15) is 37.7 Å². The van der Waals surface area contributed by atoms with Crippen molar-refractivity contribution in [3.8, 4) is 0 Å². The van der Waals surface area contributed by atoms with E-state index in [9.17, 15) is 4.79 Å². The van der Waals surface area contributed by atoms with Crippen LogP contribution in [0, 0.1) is 0 Å². The number of imidazole rings is 1. The van der Waals surface area contributed by atoms with Crippen molar-refractivity contribution in [3.63, 3.8) is 0 Å². The van der Waals surface area contributed by atoms with Gasteiger partial charge in [0.1, 0.15) is 5.82 Å². The molecule has 1 N–H and O–H groups in total. The number of hydrogen-bond acceptors (Lipinski definition) is 3. The van der Waals surface area contributed by atoms with Gasteiger partial charge in [0, 0.05) is 6.54 Å². The SMILES string of the molecule is CCc1ccc2c(c1)nc(C(C)N(C)C)n2CCC(=O)O. The molecule has 114 valence electrons. The highest BCUT2D eigenvalue weighted by Crippen LogP contribution is 2.24. The fourth-order valence-electron chi connectivity index (χ4n) is 2.41. The van der Waals surface area contributed by atoms with Gasteiger partial charge in [0.25, 0.3) is 0 Å². The van der Waals surface area contributed by atoms with Gasteiger partial charge in [0.05, 0.1) is 23.5 Å². The number of nitrogens with zero attached hydrogens (tertiary/aromatic N) is 3. The Morgan fingerprint density at radius 2 is 2.14 bits per heavy atom. The van der Waals surface area contributed by atoms with E-state index in [1.807, 2.05) is 18.7 Å². The Kier molecular flexibility index (Phi) is 4.63. The Labute approximate surface area is 125 Å². The summed E-state index contributed by atoms with van der Waals surface area (Å²) in [5.74, 6) is 0.134. The number of aliphatic carboxylic acids is 1. The molecule has 0 saturated heterocycles. The molecule has 2 rings (SSSR count). The minimum absolute atomic E-state index is 0.105. The molecule has 1 atom stereocenters. The quantitative estimate of drug-likeness (QED) is 0.888. The molecule has 1 heterocycles. The van der Waals surface area contributed by atoms with E-state index in [1.54, 1.807) is 0 Å². The van der Waals surface area contributed by atoms with Crippen molar-refractivity contribution in [2.45, 2.75) is 39.3 Å². The lowest BCUT2D eigenvalue weighted by Gasteiger charge is -2.20. The summed E-state index contributed by atoms with van der Waals surface area (Å²) in [6.45, 7) is 4.65. The van der Waals surface area contributed by atoms with Gasteiger partial charge in [-0.05, 0) is 45.1 Å². The number of rotatable bonds is 6. The molecule has 0 aliphatic rings. The maximum Gasteiger partial charge on any atom is 0.305 e. The van der Waals surface area contributed by atoms with Crippen LogP contribution < -0.4 is 0 Å². The lowest BCUT2D eigenvalue weighted by Crippen LogP contribution is -2.21. The maximum absolute atomic E-state index is 10.9. The summed E-state index contributed by atoms with van der Waals surface area (Å²) in [5.41, 5.74) is 3.20. The molecule has 0 radical (unpaired) electrons. The van der Waals surface area contributed by atoms with E-state index in [0.717, 1.165) is 23.3 Å². The average molecular weight is 289 g/mol. The predicted octanol–water partition coefficient (Wildman–Crippen LogP) is 2.70. The zero-order valence-electron chi connectivity index (χ0n) is 13.1. The van der Waals surface area contributed by atoms with E-state index in [0.29, 0.717) is 6.54 Å². The fraction of sp³-hybridized carbons (Fsp3) is 0.500. The van der Waals surface area contributed by atoms with Gasteiger partial charge >= 0.3 is 5.97 Å². The van der Waals surface area contributed by atoms with Crippen LogP contribution >= 0.6 is 0 Å². The highest BCUT2D eigenvalue weighted by atomic mass is 16.4. The Morgan fingerprint density at radius 3 is 2.71 bits per heavy atom. The normalized spacial score (nSPS) is 13.0. The van der Waals surface area contributed by atoms with Crippen molar-refractivity contribution in [3.05, 3.63) is 29.6 Å². The predicted molar refractivity (Wildman–Crippen MR) is 83.5 cm³/mol. The first kappa shape index (κ1) is 15.5. The number of carboxylic acids is 1. The monoisotopic (exact) mass is 289 g/mol. The van der Waals surface area contributed by atoms with Crippen molar-refractivity contribution < 1.29 is 9.90 Å². The molecule has 1 unspecified atom stereocenters. The van der Waals surface area contributed by atoms with Crippen molar-refractivity contribution in [1.82, 2.24) is 14.5 Å². The highest BCUT2D eigenvalue weighted by molar-refractivity contribution is 5.77. The van der Waals surface area contributed by atoms with Crippen LogP contribution in [0.2, 0.25) is 0 Å². The van der Waals surface area contributed by atoms with Crippen LogP contribution in [-0.4, -0.2) is 39.6 Å². The Hall–Kier alpha value is -1.88. The molecule has 2 aromatic rings. The van der Waals surface area contributed by atoms with Gasteiger partial charge in [-0.1, -0.05) is 13.0 Å². The number of hydrogen-bond donors (Lipinski definition) is 1. The first-order chi connectivity index (χ1) is 9.93. The summed E-state index contributed by atoms with van der Waals surface area (Å²) in [7, 11) is 4.01. The van der Waals surface area contributed by atoms with Gasteiger partial charge in [-0.2, -0.15) is 0 Å². The topological polar surface area (TPSA) is 58.4 Å². The largest absolute Gasteiger partial charge is 0.481 e. The van der Waals surface area contributed by atoms with Crippen LogP contribution in [-0.2, 0) is 17.8 Å². The molecule has 1 aromatic heterocycles. The molecule has 0 spiro atoms. The van der Waals surface area contributed by atoms with E-state index in [4.69, 9.17) is 10.1 Å². The van der Waals surface area contributed by atoms with Crippen LogP contribution in [0.15, 0.2) is 18.2 Å². The third kappa shape index (κ3) is 3.24. The van der Waals surface area contributed by atoms with E-state index in [2.05, 4.69) is 36.9 Å². The summed E-state index contributed by atoms with van der Waals surface area (Å²) in [6.07, 6.45) is 1.07. The highest BCUT2D eigenvalue weighted by Gasteiger charge is 2.18. The first-order valence-corrected chi connectivity index (χ1v) is 7.31. The van der Waals surface area contributed by atoms with Crippen LogP contribution in [0.5, 0.6) is 0 Å². The molecule has 1 aromatic carbocycles. The summed E-state index contributed by atoms with van der Waals surface area (Å²) >= 11 is 0. The average Bonchev–Trinajstić information content (AvgIpc) is 2.81. The first-order valence-electron chi connectivity index (χ1n) is 7.31. The van der Waals surface area contributed by atoms with Gasteiger partial charge in [0.15, 0.2) is 0 Å². The minimum Gasteiger partial charge on any atom is -0.481 e. The smallest absolute Gasteiger partial charge is 0.305 e. The summed E-state index contributed by atoms with van der Waals surface area (Å²) in [5, 5.41) is 8.96. The molecule has 21 heavy (non-hydrogen) atoms. The second-order valence-corrected chi connectivity index (χ2v) is 5.58. The zero-order chi connectivity index (χ0) is 15.6. The third-order valence-electron chi connectivity index (χ3n) is 3.95. The second kappa shape index (κ2) is 6.26. The van der Waals surface area contributed by atoms with E-state index < -0.39 is 5.97 Å². The van der Waals surface area contributed by atoms with Crippen molar-refractivity contribution in [1.29, 1.82) is 0 Å². The van der Waals surface area contributed by atoms with Crippen molar-refractivity contribution in [2.75, 3.05) is 14.1 Å².